The first kappa shape index (κ1) is 9.72. The van der Waals surface area contributed by atoms with Gasteiger partial charge in [0.25, 0.3) is 5.16 Å². The summed E-state index contributed by atoms with van der Waals surface area (Å²) in [6.45, 7) is 0. The average Bonchev–Trinajstić information content (AvgIpc) is 2.66. The maximum Gasteiger partial charge on any atom is 0.250 e. The summed E-state index contributed by atoms with van der Waals surface area (Å²) >= 11 is 0. The van der Waals surface area contributed by atoms with Crippen molar-refractivity contribution in [2.75, 3.05) is 5.84 Å². The van der Waals surface area contributed by atoms with Gasteiger partial charge in [0.2, 0.25) is 9.84 Å². The molecule has 0 saturated heterocycles. The first-order valence-electron chi connectivity index (χ1n) is 4.21. The third-order valence-electron chi connectivity index (χ3n) is 1.93. The molecule has 6 heteroatoms. The first-order valence-corrected chi connectivity index (χ1v) is 5.69. The lowest BCUT2D eigenvalue weighted by Gasteiger charge is -2.03. The molecule has 0 spiro atoms. The van der Waals surface area contributed by atoms with Gasteiger partial charge in [0, 0.05) is 12.4 Å². The molecular formula is C9H9N3O2S. The van der Waals surface area contributed by atoms with E-state index in [4.69, 9.17) is 5.84 Å². The number of benzene rings is 1. The van der Waals surface area contributed by atoms with Crippen LogP contribution in [0.5, 0.6) is 0 Å². The predicted molar refractivity (Wildman–Crippen MR) is 54.3 cm³/mol. The molecule has 0 aliphatic heterocycles. The number of nitrogens with two attached hydrogens (primary N) is 1. The van der Waals surface area contributed by atoms with Gasteiger partial charge in [0.05, 0.1) is 4.90 Å². The number of hydrogen-bond acceptors (Lipinski definition) is 4. The van der Waals surface area contributed by atoms with Crippen molar-refractivity contribution in [1.82, 2.24) is 9.66 Å². The van der Waals surface area contributed by atoms with Crippen molar-refractivity contribution in [2.24, 2.45) is 0 Å². The molecule has 2 aromatic rings. The van der Waals surface area contributed by atoms with Gasteiger partial charge >= 0.3 is 0 Å². The molecule has 78 valence electrons. The maximum absolute atomic E-state index is 12.0. The van der Waals surface area contributed by atoms with Crippen LogP contribution in [-0.4, -0.2) is 18.1 Å². The molecule has 5 nitrogen and oxygen atoms in total. The second kappa shape index (κ2) is 3.39. The summed E-state index contributed by atoms with van der Waals surface area (Å²) in [7, 11) is -3.60. The summed E-state index contributed by atoms with van der Waals surface area (Å²) in [6, 6.07) is 8.05. The highest BCUT2D eigenvalue weighted by Gasteiger charge is 2.21. The van der Waals surface area contributed by atoms with Crippen LogP contribution in [0.15, 0.2) is 52.8 Å². The predicted octanol–water partition coefficient (Wildman–Crippen LogP) is 0.430. The van der Waals surface area contributed by atoms with Gasteiger partial charge in [-0.05, 0) is 12.1 Å². The Labute approximate surface area is 87.1 Å². The molecule has 1 aromatic heterocycles. The number of nitrogen functional groups attached to an aromatic ring is 1. The molecule has 0 fully saturated rings. The lowest BCUT2D eigenvalue weighted by Crippen LogP contribution is -2.16. The number of hydrogen-bond donors (Lipinski definition) is 1. The molecule has 0 atom stereocenters. The number of sulfone groups is 1. The lowest BCUT2D eigenvalue weighted by molar-refractivity contribution is 0.582. The molecule has 0 bridgehead atoms. The Morgan fingerprint density at radius 2 is 1.87 bits per heavy atom. The van der Waals surface area contributed by atoms with E-state index >= 15 is 0 Å². The maximum atomic E-state index is 12.0. The van der Waals surface area contributed by atoms with E-state index < -0.39 is 9.84 Å². The van der Waals surface area contributed by atoms with Crippen LogP contribution in [0.3, 0.4) is 0 Å². The van der Waals surface area contributed by atoms with E-state index in [2.05, 4.69) is 4.98 Å². The zero-order valence-electron chi connectivity index (χ0n) is 7.74. The fourth-order valence-electron chi connectivity index (χ4n) is 1.21. The van der Waals surface area contributed by atoms with Crippen LogP contribution < -0.4 is 5.84 Å². The highest BCUT2D eigenvalue weighted by atomic mass is 32.2. The second-order valence-electron chi connectivity index (χ2n) is 2.93. The molecule has 0 saturated carbocycles. The Kier molecular flexibility index (Phi) is 2.20. The van der Waals surface area contributed by atoms with Gasteiger partial charge < -0.3 is 5.84 Å². The van der Waals surface area contributed by atoms with Crippen LogP contribution >= 0.6 is 0 Å². The number of nitrogens with zero attached hydrogens (tertiary/aromatic N) is 2. The molecule has 0 radical (unpaired) electrons. The summed E-state index contributed by atoms with van der Waals surface area (Å²) in [5.41, 5.74) is 0. The molecule has 0 aliphatic rings. The van der Waals surface area contributed by atoms with Crippen molar-refractivity contribution < 1.29 is 8.42 Å². The Bertz CT molecular complexity index is 560. The Hall–Kier alpha value is -1.82. The van der Waals surface area contributed by atoms with E-state index in [1.165, 1.54) is 24.5 Å². The summed E-state index contributed by atoms with van der Waals surface area (Å²) in [4.78, 5) is 3.90. The quantitative estimate of drug-likeness (QED) is 0.749. The molecule has 15 heavy (non-hydrogen) atoms. The van der Waals surface area contributed by atoms with Crippen molar-refractivity contribution >= 4 is 9.84 Å². The molecule has 2 N–H and O–H groups in total. The topological polar surface area (TPSA) is 78.0 Å². The third kappa shape index (κ3) is 1.59. The van der Waals surface area contributed by atoms with Gasteiger partial charge in [-0.15, -0.1) is 0 Å². The number of rotatable bonds is 2. The van der Waals surface area contributed by atoms with Crippen LogP contribution in [0.2, 0.25) is 0 Å². The van der Waals surface area contributed by atoms with E-state index in [1.807, 2.05) is 0 Å². The van der Waals surface area contributed by atoms with Gasteiger partial charge in [-0.25, -0.2) is 18.1 Å². The third-order valence-corrected chi connectivity index (χ3v) is 3.62. The SMILES string of the molecule is Nn1ccnc1S(=O)(=O)c1ccccc1. The van der Waals surface area contributed by atoms with E-state index in [9.17, 15) is 8.42 Å². The van der Waals surface area contributed by atoms with Gasteiger partial charge in [-0.3, -0.25) is 0 Å². The van der Waals surface area contributed by atoms with Gasteiger partial charge in [-0.2, -0.15) is 0 Å². The van der Waals surface area contributed by atoms with E-state index in [1.54, 1.807) is 18.2 Å². The van der Waals surface area contributed by atoms with Crippen molar-refractivity contribution in [3.8, 4) is 0 Å². The Morgan fingerprint density at radius 1 is 1.20 bits per heavy atom. The highest BCUT2D eigenvalue weighted by Crippen LogP contribution is 2.16. The molecule has 1 heterocycles. The molecule has 0 amide bonds. The normalized spacial score (nSPS) is 11.5. The monoisotopic (exact) mass is 223 g/mol. The molecule has 0 unspecified atom stereocenters. The summed E-state index contributed by atoms with van der Waals surface area (Å²) in [5, 5.41) is -0.159. The lowest BCUT2D eigenvalue weighted by atomic mass is 10.4. The molecule has 2 rings (SSSR count). The molecular weight excluding hydrogens is 214 g/mol. The summed E-state index contributed by atoms with van der Waals surface area (Å²) < 4.78 is 24.9. The zero-order valence-corrected chi connectivity index (χ0v) is 8.55. The standard InChI is InChI=1S/C9H9N3O2S/c10-12-7-6-11-9(12)15(13,14)8-4-2-1-3-5-8/h1-7H,10H2. The van der Waals surface area contributed by atoms with Crippen molar-refractivity contribution in [3.05, 3.63) is 42.7 Å². The van der Waals surface area contributed by atoms with Crippen molar-refractivity contribution in [1.29, 1.82) is 0 Å². The van der Waals surface area contributed by atoms with E-state index in [0.29, 0.717) is 0 Å². The smallest absolute Gasteiger partial charge is 0.250 e. The van der Waals surface area contributed by atoms with E-state index in [0.717, 1.165) is 4.68 Å². The van der Waals surface area contributed by atoms with Crippen molar-refractivity contribution in [3.63, 3.8) is 0 Å². The minimum absolute atomic E-state index is 0.159. The van der Waals surface area contributed by atoms with Crippen LogP contribution in [0, 0.1) is 0 Å². The highest BCUT2D eigenvalue weighted by molar-refractivity contribution is 7.91. The van der Waals surface area contributed by atoms with Crippen LogP contribution in [0.1, 0.15) is 0 Å². The van der Waals surface area contributed by atoms with E-state index in [-0.39, 0.29) is 10.1 Å². The summed E-state index contributed by atoms with van der Waals surface area (Å²) in [5.74, 6) is 5.44. The first-order chi connectivity index (χ1) is 7.12. The fraction of sp³-hybridized carbons (Fsp3) is 0. The van der Waals surface area contributed by atoms with Gasteiger partial charge in [0.1, 0.15) is 0 Å². The number of imidazole rings is 1. The fourth-order valence-corrected chi connectivity index (χ4v) is 2.48. The van der Waals surface area contributed by atoms with Gasteiger partial charge in [-0.1, -0.05) is 18.2 Å². The van der Waals surface area contributed by atoms with Crippen LogP contribution in [0.4, 0.5) is 0 Å². The van der Waals surface area contributed by atoms with Crippen LogP contribution in [-0.2, 0) is 9.84 Å². The Morgan fingerprint density at radius 3 is 2.40 bits per heavy atom. The Balaban J connectivity index is 2.60. The second-order valence-corrected chi connectivity index (χ2v) is 4.78. The van der Waals surface area contributed by atoms with Crippen LogP contribution in [0.25, 0.3) is 0 Å². The average molecular weight is 223 g/mol. The minimum Gasteiger partial charge on any atom is -0.337 e. The molecule has 0 aliphatic carbocycles. The number of aromatic nitrogens is 2. The summed E-state index contributed by atoms with van der Waals surface area (Å²) in [6.07, 6.45) is 2.73. The largest absolute Gasteiger partial charge is 0.337 e. The van der Waals surface area contributed by atoms with Gasteiger partial charge in [0.15, 0.2) is 0 Å². The minimum atomic E-state index is -3.60. The molecule has 1 aromatic carbocycles. The zero-order chi connectivity index (χ0) is 10.9. The van der Waals surface area contributed by atoms with Crippen molar-refractivity contribution in [2.45, 2.75) is 10.1 Å².